The van der Waals surface area contributed by atoms with Crippen LogP contribution in [0, 0.1) is 0 Å². The van der Waals surface area contributed by atoms with E-state index in [0.29, 0.717) is 33.6 Å². The second-order valence-corrected chi connectivity index (χ2v) is 7.56. The second kappa shape index (κ2) is 7.69. The van der Waals surface area contributed by atoms with Gasteiger partial charge in [-0.1, -0.05) is 0 Å². The van der Waals surface area contributed by atoms with Gasteiger partial charge in [0.15, 0.2) is 11.6 Å². The zero-order chi connectivity index (χ0) is 20.6. The monoisotopic (exact) mass is 381 g/mol. The molecule has 0 fully saturated rings. The lowest BCUT2D eigenvalue weighted by Crippen LogP contribution is -2.35. The number of carbonyl (C=O) groups is 2. The predicted molar refractivity (Wildman–Crippen MR) is 111 cm³/mol. The van der Waals surface area contributed by atoms with Crippen LogP contribution >= 0.6 is 0 Å². The van der Waals surface area contributed by atoms with E-state index in [9.17, 15) is 9.59 Å². The smallest absolute Gasteiger partial charge is 0.198 e. The van der Waals surface area contributed by atoms with Gasteiger partial charge in [0.2, 0.25) is 0 Å². The molecule has 2 atom stereocenters. The Balaban J connectivity index is 2.18. The van der Waals surface area contributed by atoms with Crippen molar-refractivity contribution in [3.8, 4) is 0 Å². The summed E-state index contributed by atoms with van der Waals surface area (Å²) in [6.45, 7) is 4.00. The van der Waals surface area contributed by atoms with Crippen LogP contribution in [-0.4, -0.2) is 66.9 Å². The minimum Gasteiger partial charge on any atom is -0.369 e. The summed E-state index contributed by atoms with van der Waals surface area (Å²) in [5.41, 5.74) is 2.85. The quantitative estimate of drug-likeness (QED) is 0.635. The molecule has 3 rings (SSSR count). The fourth-order valence-electron chi connectivity index (χ4n) is 3.07. The van der Waals surface area contributed by atoms with Gasteiger partial charge in [-0.2, -0.15) is 0 Å². The molecule has 0 bridgehead atoms. The SMILES string of the molecule is CC(Nc1ccc(NC(C)N(C)C)c2c1C(=O)c1ccncc1C2=O)N(C)C. The largest absolute Gasteiger partial charge is 0.369 e. The van der Waals surface area contributed by atoms with Gasteiger partial charge in [0.1, 0.15) is 0 Å². The molecular formula is C21H27N5O2. The zero-order valence-corrected chi connectivity index (χ0v) is 17.2. The first-order chi connectivity index (χ1) is 13.2. The summed E-state index contributed by atoms with van der Waals surface area (Å²) in [7, 11) is 7.80. The Kier molecular flexibility index (Phi) is 5.49. The number of hydrogen-bond acceptors (Lipinski definition) is 7. The molecule has 0 saturated carbocycles. The summed E-state index contributed by atoms with van der Waals surface area (Å²) in [6.07, 6.45) is 2.99. The lowest BCUT2D eigenvalue weighted by atomic mass is 9.83. The van der Waals surface area contributed by atoms with Crippen molar-refractivity contribution in [3.05, 3.63) is 52.8 Å². The topological polar surface area (TPSA) is 77.6 Å². The lowest BCUT2D eigenvalue weighted by Gasteiger charge is -2.29. The van der Waals surface area contributed by atoms with Gasteiger partial charge in [-0.15, -0.1) is 0 Å². The Bertz CT molecular complexity index is 849. The summed E-state index contributed by atoms with van der Waals surface area (Å²) in [6, 6.07) is 5.33. The summed E-state index contributed by atoms with van der Waals surface area (Å²) in [5.74, 6) is -0.353. The Labute approximate surface area is 165 Å². The highest BCUT2D eigenvalue weighted by Crippen LogP contribution is 2.36. The second-order valence-electron chi connectivity index (χ2n) is 7.56. The normalized spacial score (nSPS) is 15.3. The van der Waals surface area contributed by atoms with Crippen molar-refractivity contribution in [1.29, 1.82) is 0 Å². The average Bonchev–Trinajstić information content (AvgIpc) is 2.66. The van der Waals surface area contributed by atoms with Crippen LogP contribution in [0.2, 0.25) is 0 Å². The molecule has 1 aliphatic carbocycles. The minimum atomic E-state index is -0.188. The third-order valence-electron chi connectivity index (χ3n) is 5.25. The first-order valence-corrected chi connectivity index (χ1v) is 9.28. The van der Waals surface area contributed by atoms with E-state index in [-0.39, 0.29) is 23.9 Å². The Morgan fingerprint density at radius 3 is 1.71 bits per heavy atom. The average molecular weight is 381 g/mol. The molecule has 1 aromatic heterocycles. The fraction of sp³-hybridized carbons (Fsp3) is 0.381. The van der Waals surface area contributed by atoms with Gasteiger partial charge in [0.25, 0.3) is 0 Å². The van der Waals surface area contributed by atoms with Crippen molar-refractivity contribution >= 4 is 22.9 Å². The van der Waals surface area contributed by atoms with E-state index < -0.39 is 0 Å². The van der Waals surface area contributed by atoms with Crippen molar-refractivity contribution in [1.82, 2.24) is 14.8 Å². The molecule has 7 nitrogen and oxygen atoms in total. The van der Waals surface area contributed by atoms with Crippen molar-refractivity contribution in [2.24, 2.45) is 0 Å². The minimum absolute atomic E-state index is 0.00894. The molecule has 28 heavy (non-hydrogen) atoms. The van der Waals surface area contributed by atoms with Crippen molar-refractivity contribution in [2.75, 3.05) is 38.8 Å². The first-order valence-electron chi connectivity index (χ1n) is 9.28. The van der Waals surface area contributed by atoms with Gasteiger partial charge in [0, 0.05) is 29.3 Å². The van der Waals surface area contributed by atoms with Gasteiger partial charge in [-0.05, 0) is 60.2 Å². The molecular weight excluding hydrogens is 354 g/mol. The maximum atomic E-state index is 13.3. The highest BCUT2D eigenvalue weighted by Gasteiger charge is 2.34. The van der Waals surface area contributed by atoms with Gasteiger partial charge in [-0.3, -0.25) is 24.4 Å². The molecule has 0 saturated heterocycles. The Morgan fingerprint density at radius 1 is 0.786 bits per heavy atom. The number of carbonyl (C=O) groups excluding carboxylic acids is 2. The van der Waals surface area contributed by atoms with Gasteiger partial charge in [-0.25, -0.2) is 0 Å². The van der Waals surface area contributed by atoms with Gasteiger partial charge >= 0.3 is 0 Å². The van der Waals surface area contributed by atoms with Crippen LogP contribution in [0.3, 0.4) is 0 Å². The molecule has 2 aromatic rings. The molecule has 0 radical (unpaired) electrons. The summed E-state index contributed by atoms with van der Waals surface area (Å²) < 4.78 is 0. The van der Waals surface area contributed by atoms with Crippen LogP contribution in [0.15, 0.2) is 30.6 Å². The molecule has 7 heteroatoms. The lowest BCUT2D eigenvalue weighted by molar-refractivity contribution is 0.0979. The third-order valence-corrected chi connectivity index (χ3v) is 5.25. The number of ketones is 2. The molecule has 2 N–H and O–H groups in total. The van der Waals surface area contributed by atoms with E-state index in [4.69, 9.17) is 0 Å². The predicted octanol–water partition coefficient (Wildman–Crippen LogP) is 2.50. The van der Waals surface area contributed by atoms with Crippen LogP contribution in [0.25, 0.3) is 0 Å². The first kappa shape index (κ1) is 20.0. The number of anilines is 2. The van der Waals surface area contributed by atoms with Crippen LogP contribution in [0.4, 0.5) is 11.4 Å². The van der Waals surface area contributed by atoms with Crippen LogP contribution < -0.4 is 10.6 Å². The number of rotatable bonds is 6. The molecule has 148 valence electrons. The van der Waals surface area contributed by atoms with E-state index in [0.717, 1.165) is 0 Å². The number of fused-ring (bicyclic) bond motifs is 2. The molecule has 1 heterocycles. The number of hydrogen-bond donors (Lipinski definition) is 2. The highest BCUT2D eigenvalue weighted by atomic mass is 16.1. The number of nitrogens with zero attached hydrogens (tertiary/aromatic N) is 3. The number of aromatic nitrogens is 1. The van der Waals surface area contributed by atoms with Crippen LogP contribution in [0.1, 0.15) is 45.7 Å². The van der Waals surface area contributed by atoms with E-state index in [2.05, 4.69) is 15.6 Å². The molecule has 0 spiro atoms. The van der Waals surface area contributed by atoms with Crippen molar-refractivity contribution in [2.45, 2.75) is 26.2 Å². The maximum absolute atomic E-state index is 13.3. The molecule has 2 unspecified atom stereocenters. The molecule has 0 amide bonds. The zero-order valence-electron chi connectivity index (χ0n) is 17.2. The molecule has 1 aliphatic rings. The van der Waals surface area contributed by atoms with Crippen molar-refractivity contribution in [3.63, 3.8) is 0 Å². The summed E-state index contributed by atoms with van der Waals surface area (Å²) in [5, 5.41) is 6.70. The highest BCUT2D eigenvalue weighted by molar-refractivity contribution is 6.31. The van der Waals surface area contributed by atoms with E-state index in [1.54, 1.807) is 12.3 Å². The molecule has 0 aliphatic heterocycles. The van der Waals surface area contributed by atoms with E-state index in [1.807, 2.05) is 64.0 Å². The van der Waals surface area contributed by atoms with Crippen LogP contribution in [0.5, 0.6) is 0 Å². The third kappa shape index (κ3) is 3.50. The summed E-state index contributed by atoms with van der Waals surface area (Å²) in [4.78, 5) is 34.7. The van der Waals surface area contributed by atoms with E-state index >= 15 is 0 Å². The summed E-state index contributed by atoms with van der Waals surface area (Å²) >= 11 is 0. The Hall–Kier alpha value is -2.77. The van der Waals surface area contributed by atoms with Crippen molar-refractivity contribution < 1.29 is 9.59 Å². The van der Waals surface area contributed by atoms with Crippen LogP contribution in [-0.2, 0) is 0 Å². The fourth-order valence-corrected chi connectivity index (χ4v) is 3.07. The van der Waals surface area contributed by atoms with E-state index in [1.165, 1.54) is 6.20 Å². The Morgan fingerprint density at radius 2 is 1.25 bits per heavy atom. The molecule has 1 aromatic carbocycles. The maximum Gasteiger partial charge on any atom is 0.198 e. The standard InChI is InChI=1S/C21H27N5O2/c1-12(25(3)4)23-16-7-8-17(24-13(2)26(5)6)19-18(16)20(27)14-9-10-22-11-15(14)21(19)28/h7-13,23-24H,1-6H3. The van der Waals surface area contributed by atoms with Gasteiger partial charge in [0.05, 0.1) is 29.0 Å². The van der Waals surface area contributed by atoms with Gasteiger partial charge < -0.3 is 10.6 Å². The number of nitrogens with one attached hydrogen (secondary N) is 2. The number of pyridine rings is 1. The number of benzene rings is 1.